The van der Waals surface area contributed by atoms with Gasteiger partial charge in [-0.05, 0) is 38.3 Å². The minimum absolute atomic E-state index is 0.0390. The Morgan fingerprint density at radius 1 is 1.25 bits per heavy atom. The zero-order valence-corrected chi connectivity index (χ0v) is 12.3. The predicted octanol–water partition coefficient (Wildman–Crippen LogP) is 0.931. The summed E-state index contributed by atoms with van der Waals surface area (Å²) in [5.41, 5.74) is 0. The van der Waals surface area contributed by atoms with Gasteiger partial charge in [0, 0.05) is 39.6 Å². The molecule has 0 aliphatic carbocycles. The highest BCUT2D eigenvalue weighted by atomic mass is 16.4. The molecule has 0 aromatic heterocycles. The predicted molar refractivity (Wildman–Crippen MR) is 75.6 cm³/mol. The van der Waals surface area contributed by atoms with Gasteiger partial charge in [0.05, 0.1) is 0 Å². The van der Waals surface area contributed by atoms with E-state index in [9.17, 15) is 9.59 Å². The van der Waals surface area contributed by atoms with Crippen LogP contribution < -0.4 is 0 Å². The van der Waals surface area contributed by atoms with Gasteiger partial charge in [-0.25, -0.2) is 4.79 Å². The number of carbonyl (C=O) groups is 2. The Labute approximate surface area is 120 Å². The van der Waals surface area contributed by atoms with Crippen LogP contribution in [-0.4, -0.2) is 78.1 Å². The molecule has 0 aromatic rings. The van der Waals surface area contributed by atoms with E-state index in [0.29, 0.717) is 13.1 Å². The van der Waals surface area contributed by atoms with E-state index in [0.717, 1.165) is 32.6 Å². The van der Waals surface area contributed by atoms with Crippen molar-refractivity contribution in [1.29, 1.82) is 0 Å². The smallest absolute Gasteiger partial charge is 0.319 e. The molecule has 2 saturated heterocycles. The van der Waals surface area contributed by atoms with Crippen molar-refractivity contribution in [3.8, 4) is 0 Å². The Bertz CT molecular complexity index is 356. The van der Waals surface area contributed by atoms with Crippen molar-refractivity contribution in [2.45, 2.75) is 25.7 Å². The number of carbonyl (C=O) groups excluding carboxylic acids is 1. The summed E-state index contributed by atoms with van der Waals surface area (Å²) < 4.78 is 0. The van der Waals surface area contributed by atoms with Crippen LogP contribution in [0.5, 0.6) is 0 Å². The van der Waals surface area contributed by atoms with Gasteiger partial charge in [-0.2, -0.15) is 0 Å². The van der Waals surface area contributed by atoms with Gasteiger partial charge in [0.25, 0.3) is 0 Å². The van der Waals surface area contributed by atoms with Gasteiger partial charge in [-0.15, -0.1) is 0 Å². The van der Waals surface area contributed by atoms with Crippen LogP contribution in [0.4, 0.5) is 4.79 Å². The number of aliphatic carboxylic acids is 1. The minimum Gasteiger partial charge on any atom is -0.481 e. The maximum Gasteiger partial charge on any atom is 0.319 e. The van der Waals surface area contributed by atoms with Gasteiger partial charge in [0.15, 0.2) is 0 Å². The number of likely N-dealkylation sites (tertiary alicyclic amines) is 2. The first-order valence-corrected chi connectivity index (χ1v) is 7.50. The number of rotatable bonds is 5. The normalized spacial score (nSPS) is 23.2. The summed E-state index contributed by atoms with van der Waals surface area (Å²) in [5, 5.41) is 8.79. The molecule has 1 N–H and O–H groups in total. The van der Waals surface area contributed by atoms with E-state index in [1.807, 2.05) is 7.05 Å². The zero-order chi connectivity index (χ0) is 14.5. The highest BCUT2D eigenvalue weighted by Crippen LogP contribution is 2.20. The Morgan fingerprint density at radius 3 is 2.60 bits per heavy atom. The van der Waals surface area contributed by atoms with E-state index in [2.05, 4.69) is 4.90 Å². The summed E-state index contributed by atoms with van der Waals surface area (Å²) in [4.78, 5) is 28.9. The molecule has 2 fully saturated rings. The highest BCUT2D eigenvalue weighted by Gasteiger charge is 2.29. The maximum atomic E-state index is 12.3. The van der Waals surface area contributed by atoms with Crippen LogP contribution in [-0.2, 0) is 4.79 Å². The number of hydrogen-bond donors (Lipinski definition) is 1. The van der Waals surface area contributed by atoms with Gasteiger partial charge < -0.3 is 19.8 Å². The van der Waals surface area contributed by atoms with Gasteiger partial charge >= 0.3 is 12.0 Å². The van der Waals surface area contributed by atoms with E-state index >= 15 is 0 Å². The summed E-state index contributed by atoms with van der Waals surface area (Å²) in [6, 6.07) is 0.0390. The van der Waals surface area contributed by atoms with Crippen molar-refractivity contribution in [3.05, 3.63) is 0 Å². The lowest BCUT2D eigenvalue weighted by Gasteiger charge is -2.26. The van der Waals surface area contributed by atoms with Crippen LogP contribution in [0.2, 0.25) is 0 Å². The molecular weight excluding hydrogens is 258 g/mol. The van der Waals surface area contributed by atoms with Crippen molar-refractivity contribution < 1.29 is 14.7 Å². The van der Waals surface area contributed by atoms with Crippen LogP contribution in [0, 0.1) is 5.92 Å². The molecule has 0 spiro atoms. The summed E-state index contributed by atoms with van der Waals surface area (Å²) >= 11 is 0. The van der Waals surface area contributed by atoms with Crippen LogP contribution in [0.1, 0.15) is 25.7 Å². The third-order valence-electron chi connectivity index (χ3n) is 4.30. The Balaban J connectivity index is 1.71. The zero-order valence-electron chi connectivity index (χ0n) is 12.3. The van der Waals surface area contributed by atoms with Crippen LogP contribution >= 0.6 is 0 Å². The number of carboxylic acid groups (broad SMARTS) is 1. The summed E-state index contributed by atoms with van der Waals surface area (Å²) in [6.07, 6.45) is 3.50. The lowest BCUT2D eigenvalue weighted by atomic mass is 10.1. The van der Waals surface area contributed by atoms with E-state index in [1.54, 1.807) is 9.80 Å². The summed E-state index contributed by atoms with van der Waals surface area (Å²) in [7, 11) is 1.84. The first-order valence-electron chi connectivity index (χ1n) is 7.50. The van der Waals surface area contributed by atoms with Crippen molar-refractivity contribution in [3.63, 3.8) is 0 Å². The van der Waals surface area contributed by atoms with Gasteiger partial charge in [0.2, 0.25) is 0 Å². The molecule has 6 nitrogen and oxygen atoms in total. The summed E-state index contributed by atoms with van der Waals surface area (Å²) in [5.74, 6) is -0.657. The molecule has 6 heteroatoms. The number of amides is 2. The maximum absolute atomic E-state index is 12.3. The molecule has 0 saturated carbocycles. The molecule has 1 unspecified atom stereocenters. The minimum atomic E-state index is -0.772. The van der Waals surface area contributed by atoms with Crippen molar-refractivity contribution in [2.24, 2.45) is 5.92 Å². The standard InChI is InChI=1S/C14H25N3O3/c1-15(8-9-16-5-2-3-6-16)14(20)17-7-4-12(11-17)10-13(18)19/h12H,2-11H2,1H3,(H,18,19). The fourth-order valence-corrected chi connectivity index (χ4v) is 3.05. The quantitative estimate of drug-likeness (QED) is 0.815. The average molecular weight is 283 g/mol. The molecule has 2 heterocycles. The molecule has 2 amide bonds. The number of nitrogens with zero attached hydrogens (tertiary/aromatic N) is 3. The van der Waals surface area contributed by atoms with Gasteiger partial charge in [-0.1, -0.05) is 0 Å². The number of hydrogen-bond acceptors (Lipinski definition) is 3. The lowest BCUT2D eigenvalue weighted by molar-refractivity contribution is -0.138. The third kappa shape index (κ3) is 4.10. The molecular formula is C14H25N3O3. The van der Waals surface area contributed by atoms with Gasteiger partial charge in [0.1, 0.15) is 0 Å². The highest BCUT2D eigenvalue weighted by molar-refractivity contribution is 5.74. The van der Waals surface area contributed by atoms with Crippen LogP contribution in [0.3, 0.4) is 0 Å². The first-order chi connectivity index (χ1) is 9.56. The fourth-order valence-electron chi connectivity index (χ4n) is 3.05. The lowest BCUT2D eigenvalue weighted by Crippen LogP contribution is -2.43. The number of carboxylic acids is 1. The Hall–Kier alpha value is -1.30. The molecule has 0 radical (unpaired) electrons. The second-order valence-corrected chi connectivity index (χ2v) is 5.95. The largest absolute Gasteiger partial charge is 0.481 e. The van der Waals surface area contributed by atoms with Crippen molar-refractivity contribution >= 4 is 12.0 Å². The van der Waals surface area contributed by atoms with E-state index in [4.69, 9.17) is 5.11 Å². The molecule has 2 aliphatic rings. The first kappa shape index (κ1) is 15.1. The number of likely N-dealkylation sites (N-methyl/N-ethyl adjacent to an activating group) is 1. The SMILES string of the molecule is CN(CCN1CCCC1)C(=O)N1CCC(CC(=O)O)C1. The fraction of sp³-hybridized carbons (Fsp3) is 0.857. The van der Waals surface area contributed by atoms with Gasteiger partial charge in [-0.3, -0.25) is 4.79 Å². The molecule has 20 heavy (non-hydrogen) atoms. The second kappa shape index (κ2) is 6.92. The molecule has 0 bridgehead atoms. The topological polar surface area (TPSA) is 64.1 Å². The second-order valence-electron chi connectivity index (χ2n) is 5.95. The summed E-state index contributed by atoms with van der Waals surface area (Å²) in [6.45, 7) is 5.25. The monoisotopic (exact) mass is 283 g/mol. The van der Waals surface area contributed by atoms with E-state index < -0.39 is 5.97 Å². The molecule has 1 atom stereocenters. The molecule has 114 valence electrons. The Morgan fingerprint density at radius 2 is 1.95 bits per heavy atom. The molecule has 0 aromatic carbocycles. The number of urea groups is 1. The van der Waals surface area contributed by atoms with E-state index in [1.165, 1.54) is 12.8 Å². The van der Waals surface area contributed by atoms with Crippen LogP contribution in [0.15, 0.2) is 0 Å². The molecule has 2 rings (SSSR count). The van der Waals surface area contributed by atoms with Crippen molar-refractivity contribution in [2.75, 3.05) is 46.3 Å². The van der Waals surface area contributed by atoms with Crippen LogP contribution in [0.25, 0.3) is 0 Å². The Kier molecular flexibility index (Phi) is 5.23. The van der Waals surface area contributed by atoms with Crippen molar-refractivity contribution in [1.82, 2.24) is 14.7 Å². The third-order valence-corrected chi connectivity index (χ3v) is 4.30. The molecule has 2 aliphatic heterocycles. The average Bonchev–Trinajstić information content (AvgIpc) is 3.05. The van der Waals surface area contributed by atoms with E-state index in [-0.39, 0.29) is 18.4 Å².